The number of aryl methyl sites for hydroxylation is 1. The third kappa shape index (κ3) is 7.77. The number of carbonyl (C=O) groups excluding carboxylic acids is 2. The maximum Gasteiger partial charge on any atom is 0.305 e. The van der Waals surface area contributed by atoms with Crippen molar-refractivity contribution in [3.05, 3.63) is 63.4 Å². The molecule has 3 rings (SSSR count). The van der Waals surface area contributed by atoms with Crippen LogP contribution in [0.4, 0.5) is 4.39 Å². The Morgan fingerprint density at radius 2 is 1.92 bits per heavy atom. The summed E-state index contributed by atoms with van der Waals surface area (Å²) in [6.45, 7) is 2.51. The summed E-state index contributed by atoms with van der Waals surface area (Å²) in [5.41, 5.74) is 1.15. The summed E-state index contributed by atoms with van der Waals surface area (Å²) in [5.74, 6) is -2.07. The molecule has 1 atom stereocenters. The van der Waals surface area contributed by atoms with Crippen molar-refractivity contribution in [1.29, 1.82) is 5.41 Å². The molecule has 1 heterocycles. The number of nitrogens with one attached hydrogen (secondary N) is 3. The van der Waals surface area contributed by atoms with E-state index in [0.717, 1.165) is 10.0 Å². The molecule has 1 unspecified atom stereocenters. The van der Waals surface area contributed by atoms with Crippen molar-refractivity contribution in [2.45, 2.75) is 45.1 Å². The molecule has 1 aliphatic heterocycles. The number of guanidine groups is 1. The number of methoxy groups -OCH3 is 1. The first kappa shape index (κ1) is 29.1. The molecule has 0 saturated carbocycles. The number of benzene rings is 2. The maximum absolute atomic E-state index is 14.8. The summed E-state index contributed by atoms with van der Waals surface area (Å²) < 4.78 is 21.1. The first-order valence-electron chi connectivity index (χ1n) is 12.3. The van der Waals surface area contributed by atoms with Gasteiger partial charge in [0, 0.05) is 41.7 Å². The smallest absolute Gasteiger partial charge is 0.305 e. The lowest BCUT2D eigenvalue weighted by molar-refractivity contribution is -0.138. The third-order valence-electron chi connectivity index (χ3n) is 6.77. The highest BCUT2D eigenvalue weighted by molar-refractivity contribution is 9.10. The van der Waals surface area contributed by atoms with Crippen LogP contribution in [0.5, 0.6) is 5.75 Å². The van der Waals surface area contributed by atoms with E-state index in [0.29, 0.717) is 38.1 Å². The Kier molecular flexibility index (Phi) is 10.2. The van der Waals surface area contributed by atoms with Gasteiger partial charge in [-0.25, -0.2) is 4.39 Å². The van der Waals surface area contributed by atoms with E-state index < -0.39 is 23.7 Å². The number of amides is 2. The molecule has 2 amide bonds. The number of piperidine rings is 1. The molecule has 9 nitrogen and oxygen atoms in total. The Morgan fingerprint density at radius 3 is 2.55 bits per heavy atom. The van der Waals surface area contributed by atoms with Crippen molar-refractivity contribution in [3.63, 3.8) is 0 Å². The average molecular weight is 591 g/mol. The molecule has 11 heteroatoms. The van der Waals surface area contributed by atoms with Crippen LogP contribution in [0.15, 0.2) is 40.9 Å². The molecule has 0 aromatic heterocycles. The molecule has 4 N–H and O–H groups in total. The van der Waals surface area contributed by atoms with Crippen LogP contribution in [0.3, 0.4) is 0 Å². The summed E-state index contributed by atoms with van der Waals surface area (Å²) in [5, 5.41) is 22.9. The predicted molar refractivity (Wildman–Crippen MR) is 144 cm³/mol. The van der Waals surface area contributed by atoms with Crippen molar-refractivity contribution >= 4 is 39.7 Å². The van der Waals surface area contributed by atoms with Crippen LogP contribution in [0.25, 0.3) is 0 Å². The second kappa shape index (κ2) is 13.4. The van der Waals surface area contributed by atoms with Gasteiger partial charge in [0.25, 0.3) is 5.91 Å². The molecule has 1 saturated heterocycles. The Morgan fingerprint density at radius 1 is 1.21 bits per heavy atom. The number of aliphatic carboxylic acids is 1. The highest BCUT2D eigenvalue weighted by Crippen LogP contribution is 2.26. The zero-order chi connectivity index (χ0) is 27.8. The molecule has 0 radical (unpaired) electrons. The lowest BCUT2D eigenvalue weighted by atomic mass is 9.87. The van der Waals surface area contributed by atoms with E-state index in [1.807, 2.05) is 12.1 Å². The zero-order valence-corrected chi connectivity index (χ0v) is 22.9. The van der Waals surface area contributed by atoms with Crippen molar-refractivity contribution in [1.82, 2.24) is 15.5 Å². The number of hydrogen-bond donors (Lipinski definition) is 4. The van der Waals surface area contributed by atoms with Gasteiger partial charge in [-0.05, 0) is 67.5 Å². The number of likely N-dealkylation sites (tertiary alicyclic amines) is 1. The average Bonchev–Trinajstić information content (AvgIpc) is 2.87. The van der Waals surface area contributed by atoms with Gasteiger partial charge in [0.2, 0.25) is 5.91 Å². The third-order valence-corrected chi connectivity index (χ3v) is 7.26. The minimum absolute atomic E-state index is 0.0320. The van der Waals surface area contributed by atoms with Gasteiger partial charge in [-0.1, -0.05) is 22.0 Å². The van der Waals surface area contributed by atoms with Gasteiger partial charge in [0.1, 0.15) is 11.6 Å². The highest BCUT2D eigenvalue weighted by Gasteiger charge is 2.30. The second-order valence-corrected chi connectivity index (χ2v) is 10.2. The molecule has 38 heavy (non-hydrogen) atoms. The molecule has 0 aliphatic carbocycles. The van der Waals surface area contributed by atoms with Crippen LogP contribution in [-0.4, -0.2) is 60.0 Å². The number of halogens is 2. The maximum atomic E-state index is 14.8. The molecule has 2 aromatic carbocycles. The van der Waals surface area contributed by atoms with Crippen LogP contribution in [0, 0.1) is 17.1 Å². The number of rotatable bonds is 9. The molecule has 2 aromatic rings. The van der Waals surface area contributed by atoms with Crippen molar-refractivity contribution < 1.29 is 28.6 Å². The zero-order valence-electron chi connectivity index (χ0n) is 21.4. The Hall–Kier alpha value is -3.47. The molecular weight excluding hydrogens is 559 g/mol. The van der Waals surface area contributed by atoms with Gasteiger partial charge >= 0.3 is 5.97 Å². The highest BCUT2D eigenvalue weighted by atomic mass is 79.9. The fourth-order valence-electron chi connectivity index (χ4n) is 4.77. The molecule has 0 spiro atoms. The van der Waals surface area contributed by atoms with Crippen molar-refractivity contribution in [2.24, 2.45) is 5.92 Å². The number of nitrogens with zero attached hydrogens (tertiary/aromatic N) is 1. The lowest BCUT2D eigenvalue weighted by Gasteiger charge is -2.35. The summed E-state index contributed by atoms with van der Waals surface area (Å²) >= 11 is 3.42. The van der Waals surface area contributed by atoms with Gasteiger partial charge < -0.3 is 20.1 Å². The lowest BCUT2D eigenvalue weighted by Crippen LogP contribution is -2.51. The number of carboxylic acids is 1. The van der Waals surface area contributed by atoms with E-state index in [2.05, 4.69) is 26.6 Å². The van der Waals surface area contributed by atoms with Crippen LogP contribution < -0.4 is 15.4 Å². The Labute approximate surface area is 229 Å². The van der Waals surface area contributed by atoms with E-state index in [-0.39, 0.29) is 41.8 Å². The van der Waals surface area contributed by atoms with Gasteiger partial charge in [0.05, 0.1) is 13.5 Å². The van der Waals surface area contributed by atoms with Gasteiger partial charge in [-0.15, -0.1) is 0 Å². The summed E-state index contributed by atoms with van der Waals surface area (Å²) in [6, 6.07) is 9.12. The monoisotopic (exact) mass is 590 g/mol. The Bertz CT molecular complexity index is 1200. The number of hydrogen-bond acceptors (Lipinski definition) is 5. The minimum atomic E-state index is -1.04. The van der Waals surface area contributed by atoms with E-state index in [9.17, 15) is 23.9 Å². The fourth-order valence-corrected chi connectivity index (χ4v) is 5.18. The van der Waals surface area contributed by atoms with Crippen LogP contribution >= 0.6 is 15.9 Å². The fraction of sp³-hybridized carbons (Fsp3) is 0.407. The van der Waals surface area contributed by atoms with E-state index in [4.69, 9.17) is 10.1 Å². The largest absolute Gasteiger partial charge is 0.496 e. The van der Waals surface area contributed by atoms with Crippen molar-refractivity contribution in [2.75, 3.05) is 20.2 Å². The van der Waals surface area contributed by atoms with E-state index in [1.54, 1.807) is 18.1 Å². The molecule has 0 bridgehead atoms. The number of ether oxygens (including phenoxy) is 1. The molecular formula is C27H32BrFN4O5. The summed E-state index contributed by atoms with van der Waals surface area (Å²) in [7, 11) is 1.55. The topological polar surface area (TPSA) is 132 Å². The quantitative estimate of drug-likeness (QED) is 0.260. The number of carboxylic acid groups (broad SMARTS) is 1. The molecule has 204 valence electrons. The van der Waals surface area contributed by atoms with Crippen LogP contribution in [0.2, 0.25) is 0 Å². The van der Waals surface area contributed by atoms with Gasteiger partial charge in [-0.3, -0.25) is 25.1 Å². The first-order valence-corrected chi connectivity index (χ1v) is 13.1. The standard InChI is InChI=1S/C27H32BrFN4O5/c1-16(34)33-12-10-17(11-13-33)23(15-25(35)36)31-27(30)32-26(37)21-4-3-5-22(29)20(21)8-6-18-14-19(28)7-9-24(18)38-2/h3-5,7,9,14,17,23H,6,8,10-13,15H2,1-2H3,(H,35,36)(H3,30,31,32,37). The van der Waals surface area contributed by atoms with E-state index in [1.165, 1.54) is 25.1 Å². The first-order chi connectivity index (χ1) is 18.1. The van der Waals surface area contributed by atoms with E-state index >= 15 is 0 Å². The van der Waals surface area contributed by atoms with Gasteiger partial charge in [0.15, 0.2) is 5.96 Å². The van der Waals surface area contributed by atoms with Gasteiger partial charge in [-0.2, -0.15) is 0 Å². The summed E-state index contributed by atoms with van der Waals surface area (Å²) in [4.78, 5) is 37.9. The van der Waals surface area contributed by atoms with Crippen LogP contribution in [0.1, 0.15) is 47.7 Å². The minimum Gasteiger partial charge on any atom is -0.496 e. The second-order valence-electron chi connectivity index (χ2n) is 9.24. The molecule has 1 aliphatic rings. The van der Waals surface area contributed by atoms with Crippen molar-refractivity contribution in [3.8, 4) is 5.75 Å². The SMILES string of the molecule is COc1ccc(Br)cc1CCc1c(F)cccc1C(=O)NC(=N)NC(CC(=O)O)C1CCN(C(C)=O)CC1. The number of carbonyl (C=O) groups is 3. The molecule has 1 fully saturated rings. The summed E-state index contributed by atoms with van der Waals surface area (Å²) in [6.07, 6.45) is 1.55. The van der Waals surface area contributed by atoms with Crippen LogP contribution in [-0.2, 0) is 22.4 Å². The normalized spacial score (nSPS) is 14.5. The Balaban J connectivity index is 1.69. The predicted octanol–water partition coefficient (Wildman–Crippen LogP) is 3.74.